The lowest BCUT2D eigenvalue weighted by molar-refractivity contribution is -0.155. The van der Waals surface area contributed by atoms with Crippen molar-refractivity contribution in [2.45, 2.75) is 32.9 Å². The molecule has 0 aliphatic heterocycles. The molecule has 140 valence electrons. The number of esters is 1. The van der Waals surface area contributed by atoms with Crippen molar-refractivity contribution in [3.8, 4) is 5.75 Å². The van der Waals surface area contributed by atoms with E-state index in [4.69, 9.17) is 9.47 Å². The molecule has 1 aromatic heterocycles. The molecule has 0 saturated carbocycles. The van der Waals surface area contributed by atoms with Gasteiger partial charge in [0.15, 0.2) is 6.10 Å². The topological polar surface area (TPSA) is 86.6 Å². The van der Waals surface area contributed by atoms with Crippen molar-refractivity contribution in [3.05, 3.63) is 50.6 Å². The average molecular weight is 378 g/mol. The van der Waals surface area contributed by atoms with Crippen LogP contribution in [0.15, 0.2) is 34.4 Å². The van der Waals surface area contributed by atoms with Crippen LogP contribution >= 0.6 is 11.3 Å². The van der Waals surface area contributed by atoms with Crippen molar-refractivity contribution in [1.29, 1.82) is 0 Å². The molecule has 2 aromatic rings. The van der Waals surface area contributed by atoms with Gasteiger partial charge in [-0.25, -0.2) is 0 Å². The number of hydrogen-bond acceptors (Lipinski definition) is 6. The molecular weight excluding hydrogens is 356 g/mol. The normalized spacial score (nSPS) is 11.7. The van der Waals surface area contributed by atoms with Gasteiger partial charge in [-0.2, -0.15) is 0 Å². The molecule has 2 rings (SSSR count). The molecule has 1 atom stereocenters. The minimum Gasteiger partial charge on any atom is -0.497 e. The summed E-state index contributed by atoms with van der Waals surface area (Å²) >= 11 is 1.02. The maximum Gasteiger partial charge on any atom is 0.326 e. The lowest BCUT2D eigenvalue weighted by Crippen LogP contribution is -2.37. The van der Waals surface area contributed by atoms with Crippen molar-refractivity contribution in [2.24, 2.45) is 0 Å². The molecule has 8 heteroatoms. The van der Waals surface area contributed by atoms with Crippen molar-refractivity contribution < 1.29 is 19.1 Å². The van der Waals surface area contributed by atoms with Gasteiger partial charge in [-0.05, 0) is 38.0 Å². The third-order valence-corrected chi connectivity index (χ3v) is 4.69. The highest BCUT2D eigenvalue weighted by atomic mass is 32.1. The fourth-order valence-corrected chi connectivity index (χ4v) is 3.01. The van der Waals surface area contributed by atoms with Gasteiger partial charge in [0.05, 0.1) is 7.11 Å². The number of nitrogens with one attached hydrogen (secondary N) is 1. The molecule has 0 unspecified atom stereocenters. The Balaban J connectivity index is 1.76. The Kier molecular flexibility index (Phi) is 6.97. The van der Waals surface area contributed by atoms with E-state index in [0.29, 0.717) is 18.7 Å². The van der Waals surface area contributed by atoms with Crippen LogP contribution in [-0.4, -0.2) is 36.2 Å². The minimum atomic E-state index is -0.923. The van der Waals surface area contributed by atoms with Crippen LogP contribution in [0.2, 0.25) is 0 Å². The van der Waals surface area contributed by atoms with E-state index >= 15 is 0 Å². The van der Waals surface area contributed by atoms with Crippen LogP contribution in [0, 0.1) is 6.92 Å². The number of hydrogen-bond donors (Lipinski definition) is 1. The lowest BCUT2D eigenvalue weighted by atomic mass is 10.1. The molecule has 0 aliphatic carbocycles. The highest BCUT2D eigenvalue weighted by Crippen LogP contribution is 2.11. The van der Waals surface area contributed by atoms with E-state index in [0.717, 1.165) is 22.6 Å². The molecule has 0 saturated heterocycles. The van der Waals surface area contributed by atoms with Crippen LogP contribution in [0.5, 0.6) is 5.75 Å². The molecule has 1 amide bonds. The van der Waals surface area contributed by atoms with E-state index in [-0.39, 0.29) is 17.3 Å². The van der Waals surface area contributed by atoms with Crippen LogP contribution < -0.4 is 14.9 Å². The Morgan fingerprint density at radius 3 is 2.54 bits per heavy atom. The van der Waals surface area contributed by atoms with Gasteiger partial charge in [0.25, 0.3) is 5.91 Å². The second kappa shape index (κ2) is 9.19. The number of rotatable bonds is 8. The van der Waals surface area contributed by atoms with Crippen molar-refractivity contribution in [1.82, 2.24) is 9.88 Å². The molecule has 1 N–H and O–H groups in total. The number of methoxy groups -OCH3 is 1. The largest absolute Gasteiger partial charge is 0.497 e. The molecule has 26 heavy (non-hydrogen) atoms. The summed E-state index contributed by atoms with van der Waals surface area (Å²) < 4.78 is 11.5. The molecule has 0 fully saturated rings. The maximum atomic E-state index is 12.0. The molecule has 1 aromatic carbocycles. The van der Waals surface area contributed by atoms with E-state index in [1.165, 1.54) is 11.5 Å². The van der Waals surface area contributed by atoms with Crippen LogP contribution in [-0.2, 0) is 27.3 Å². The Morgan fingerprint density at radius 2 is 1.96 bits per heavy atom. The molecule has 0 radical (unpaired) electrons. The fourth-order valence-electron chi connectivity index (χ4n) is 2.28. The van der Waals surface area contributed by atoms with Gasteiger partial charge in [-0.1, -0.05) is 23.5 Å². The van der Waals surface area contributed by atoms with Crippen molar-refractivity contribution >= 4 is 23.2 Å². The number of aromatic nitrogens is 1. The molecule has 0 spiro atoms. The van der Waals surface area contributed by atoms with Crippen LogP contribution in [0.25, 0.3) is 0 Å². The highest BCUT2D eigenvalue weighted by molar-refractivity contribution is 7.07. The number of thiazole rings is 1. The summed E-state index contributed by atoms with van der Waals surface area (Å²) in [4.78, 5) is 35.3. The first-order valence-corrected chi connectivity index (χ1v) is 9.03. The van der Waals surface area contributed by atoms with Crippen LogP contribution in [0.3, 0.4) is 0 Å². The van der Waals surface area contributed by atoms with E-state index in [2.05, 4.69) is 5.32 Å². The average Bonchev–Trinajstić information content (AvgIpc) is 2.94. The lowest BCUT2D eigenvalue weighted by Gasteiger charge is -2.14. The first-order chi connectivity index (χ1) is 12.4. The van der Waals surface area contributed by atoms with E-state index in [1.807, 2.05) is 24.3 Å². The molecular formula is C18H22N2O5S. The van der Waals surface area contributed by atoms with Gasteiger partial charge >= 0.3 is 10.8 Å². The second-order valence-electron chi connectivity index (χ2n) is 5.75. The summed E-state index contributed by atoms with van der Waals surface area (Å²) in [5.41, 5.74) is 1.75. The predicted molar refractivity (Wildman–Crippen MR) is 98.6 cm³/mol. The number of nitrogens with zero attached hydrogens (tertiary/aromatic N) is 1. The molecule has 0 aliphatic rings. The SMILES string of the molecule is COc1ccc(CCNC(=O)[C@@H](C)OC(=O)Cn2c(C)csc2=O)cc1. The van der Waals surface area contributed by atoms with Crippen LogP contribution in [0.1, 0.15) is 18.2 Å². The summed E-state index contributed by atoms with van der Waals surface area (Å²) in [5.74, 6) is -0.217. The number of aryl methyl sites for hydroxylation is 1. The first-order valence-electron chi connectivity index (χ1n) is 8.15. The highest BCUT2D eigenvalue weighted by Gasteiger charge is 2.18. The van der Waals surface area contributed by atoms with Gasteiger partial charge in [0.1, 0.15) is 12.3 Å². The van der Waals surface area contributed by atoms with E-state index in [9.17, 15) is 14.4 Å². The van der Waals surface area contributed by atoms with Crippen molar-refractivity contribution in [2.75, 3.05) is 13.7 Å². The zero-order valence-corrected chi connectivity index (χ0v) is 15.8. The Bertz CT molecular complexity index is 810. The Morgan fingerprint density at radius 1 is 1.27 bits per heavy atom. The molecule has 7 nitrogen and oxygen atoms in total. The number of ether oxygens (including phenoxy) is 2. The monoisotopic (exact) mass is 378 g/mol. The maximum absolute atomic E-state index is 12.0. The second-order valence-corrected chi connectivity index (χ2v) is 6.57. The summed E-state index contributed by atoms with van der Waals surface area (Å²) in [7, 11) is 1.61. The number of carbonyl (C=O) groups is 2. The zero-order chi connectivity index (χ0) is 19.1. The van der Waals surface area contributed by atoms with Crippen LogP contribution in [0.4, 0.5) is 0 Å². The third kappa shape index (κ3) is 5.45. The number of carbonyl (C=O) groups excluding carboxylic acids is 2. The Hall–Kier alpha value is -2.61. The first kappa shape index (κ1) is 19.7. The minimum absolute atomic E-state index is 0.197. The van der Waals surface area contributed by atoms with Crippen molar-refractivity contribution in [3.63, 3.8) is 0 Å². The summed E-state index contributed by atoms with van der Waals surface area (Å²) in [6, 6.07) is 7.57. The third-order valence-electron chi connectivity index (χ3n) is 3.81. The van der Waals surface area contributed by atoms with Gasteiger partial charge in [0, 0.05) is 17.6 Å². The molecule has 0 bridgehead atoms. The number of benzene rings is 1. The fraction of sp³-hybridized carbons (Fsp3) is 0.389. The summed E-state index contributed by atoms with van der Waals surface area (Å²) in [6.45, 7) is 3.47. The standard InChI is InChI=1S/C18H22N2O5S/c1-12-11-26-18(23)20(12)10-16(21)25-13(2)17(22)19-9-8-14-4-6-15(24-3)7-5-14/h4-7,11,13H,8-10H2,1-3H3,(H,19,22)/t13-/m1/s1. The zero-order valence-electron chi connectivity index (χ0n) is 15.0. The van der Waals surface area contributed by atoms with E-state index < -0.39 is 12.1 Å². The van der Waals surface area contributed by atoms with Gasteiger partial charge < -0.3 is 14.8 Å². The molecule has 1 heterocycles. The quantitative estimate of drug-likeness (QED) is 0.704. The van der Waals surface area contributed by atoms with Gasteiger partial charge in [-0.15, -0.1) is 0 Å². The summed E-state index contributed by atoms with van der Waals surface area (Å²) in [5, 5.41) is 4.40. The van der Waals surface area contributed by atoms with E-state index in [1.54, 1.807) is 19.4 Å². The smallest absolute Gasteiger partial charge is 0.326 e. The summed E-state index contributed by atoms with van der Waals surface area (Å²) in [6.07, 6.45) is -0.270. The van der Waals surface area contributed by atoms with Gasteiger partial charge in [-0.3, -0.25) is 19.0 Å². The Labute approximate surface area is 155 Å². The van der Waals surface area contributed by atoms with Gasteiger partial charge in [0.2, 0.25) is 0 Å². The number of amides is 1. The predicted octanol–water partition coefficient (Wildman–Crippen LogP) is 1.52.